The van der Waals surface area contributed by atoms with Crippen molar-refractivity contribution < 1.29 is 9.15 Å². The van der Waals surface area contributed by atoms with Gasteiger partial charge in [0.15, 0.2) is 5.16 Å². The van der Waals surface area contributed by atoms with Crippen LogP contribution in [-0.4, -0.2) is 26.9 Å². The molecule has 0 saturated carbocycles. The average Bonchev–Trinajstić information content (AvgIpc) is 3.53. The van der Waals surface area contributed by atoms with Crippen molar-refractivity contribution in [3.8, 4) is 27.6 Å². The highest BCUT2D eigenvalue weighted by Crippen LogP contribution is 2.32. The lowest BCUT2D eigenvalue weighted by Gasteiger charge is -2.08. The van der Waals surface area contributed by atoms with E-state index in [1.807, 2.05) is 60.7 Å². The number of rotatable bonds is 8. The summed E-state index contributed by atoms with van der Waals surface area (Å²) in [5, 5.41) is 8.88. The van der Waals surface area contributed by atoms with Gasteiger partial charge in [-0.15, -0.1) is 28.1 Å². The summed E-state index contributed by atoms with van der Waals surface area (Å²) in [6.45, 7) is 4.16. The summed E-state index contributed by atoms with van der Waals surface area (Å²) in [7, 11) is 1.62. The molecule has 0 atom stereocenters. The lowest BCUT2D eigenvalue weighted by atomic mass is 10.2. The van der Waals surface area contributed by atoms with E-state index in [0.717, 1.165) is 21.8 Å². The Kier molecular flexibility index (Phi) is 6.29. The molecule has 0 fully saturated rings. The Hall–Kier alpha value is -3.69. The third-order valence-corrected chi connectivity index (χ3v) is 7.22. The Morgan fingerprint density at radius 2 is 1.91 bits per heavy atom. The summed E-state index contributed by atoms with van der Waals surface area (Å²) in [5.41, 5.74) is 2.47. The van der Waals surface area contributed by atoms with E-state index >= 15 is 0 Å². The zero-order valence-corrected chi connectivity index (χ0v) is 19.9. The van der Waals surface area contributed by atoms with Crippen molar-refractivity contribution in [2.75, 3.05) is 7.11 Å². The van der Waals surface area contributed by atoms with Gasteiger partial charge in [-0.3, -0.25) is 9.36 Å². The van der Waals surface area contributed by atoms with Crippen LogP contribution in [0.2, 0.25) is 0 Å². The monoisotopic (exact) mass is 488 g/mol. The first-order valence-electron chi connectivity index (χ1n) is 10.5. The highest BCUT2D eigenvalue weighted by molar-refractivity contribution is 7.98. The lowest BCUT2D eigenvalue weighted by molar-refractivity contribution is 0.415. The zero-order valence-electron chi connectivity index (χ0n) is 18.3. The van der Waals surface area contributed by atoms with Gasteiger partial charge in [-0.05, 0) is 35.9 Å². The summed E-state index contributed by atoms with van der Waals surface area (Å²) < 4.78 is 13.3. The summed E-state index contributed by atoms with van der Waals surface area (Å²) in [4.78, 5) is 19.0. The minimum atomic E-state index is -0.0796. The molecule has 0 saturated heterocycles. The van der Waals surface area contributed by atoms with E-state index in [-0.39, 0.29) is 5.56 Å². The minimum Gasteiger partial charge on any atom is -0.497 e. The van der Waals surface area contributed by atoms with E-state index in [1.54, 1.807) is 17.8 Å². The van der Waals surface area contributed by atoms with E-state index in [1.165, 1.54) is 23.1 Å². The van der Waals surface area contributed by atoms with E-state index in [0.29, 0.717) is 39.5 Å². The van der Waals surface area contributed by atoms with Crippen LogP contribution in [0.4, 0.5) is 0 Å². The van der Waals surface area contributed by atoms with Crippen molar-refractivity contribution in [2.24, 2.45) is 0 Å². The maximum atomic E-state index is 13.2. The molecule has 3 aromatic heterocycles. The average molecular weight is 489 g/mol. The summed E-state index contributed by atoms with van der Waals surface area (Å²) in [6, 6.07) is 19.4. The van der Waals surface area contributed by atoms with Gasteiger partial charge in [-0.25, -0.2) is 4.98 Å². The number of nitrogens with zero attached hydrogens (tertiary/aromatic N) is 4. The van der Waals surface area contributed by atoms with Gasteiger partial charge in [0.05, 0.1) is 18.4 Å². The molecule has 9 heteroatoms. The fraction of sp³-hybridized carbons (Fsp3) is 0.120. The zero-order chi connectivity index (χ0) is 23.5. The van der Waals surface area contributed by atoms with Gasteiger partial charge in [0.1, 0.15) is 10.4 Å². The number of hydrogen-bond donors (Lipinski definition) is 0. The Bertz CT molecular complexity index is 1510. The standard InChI is InChI=1S/C25H20N4O3S2/c1-3-13-29-24(30)22-19(14-20(34-22)16-7-5-4-6-8-16)26-25(29)33-15-21-27-28-23(32-21)17-9-11-18(31-2)12-10-17/h3-12,14H,1,13,15H2,2H3. The van der Waals surface area contributed by atoms with Crippen molar-refractivity contribution in [3.05, 3.63) is 89.6 Å². The van der Waals surface area contributed by atoms with Gasteiger partial charge in [0.25, 0.3) is 5.56 Å². The Morgan fingerprint density at radius 3 is 2.65 bits per heavy atom. The maximum Gasteiger partial charge on any atom is 0.272 e. The van der Waals surface area contributed by atoms with Crippen LogP contribution in [-0.2, 0) is 12.3 Å². The summed E-state index contributed by atoms with van der Waals surface area (Å²) in [5.74, 6) is 2.01. The molecule has 170 valence electrons. The molecule has 5 aromatic rings. The third kappa shape index (κ3) is 4.40. The third-order valence-electron chi connectivity index (χ3n) is 5.10. The largest absolute Gasteiger partial charge is 0.497 e. The normalized spacial score (nSPS) is 11.1. The smallest absolute Gasteiger partial charge is 0.272 e. The number of allylic oxidation sites excluding steroid dienone is 1. The van der Waals surface area contributed by atoms with E-state index in [9.17, 15) is 4.79 Å². The van der Waals surface area contributed by atoms with Gasteiger partial charge in [0.2, 0.25) is 11.8 Å². The fourth-order valence-electron chi connectivity index (χ4n) is 3.42. The minimum absolute atomic E-state index is 0.0796. The van der Waals surface area contributed by atoms with Crippen molar-refractivity contribution >= 4 is 33.3 Å². The first-order valence-corrected chi connectivity index (χ1v) is 12.3. The highest BCUT2D eigenvalue weighted by Gasteiger charge is 2.16. The first kappa shape index (κ1) is 22.1. The molecule has 7 nitrogen and oxygen atoms in total. The maximum absolute atomic E-state index is 13.2. The topological polar surface area (TPSA) is 83.0 Å². The Morgan fingerprint density at radius 1 is 1.12 bits per heavy atom. The molecular formula is C25H20N4O3S2. The number of ether oxygens (including phenoxy) is 1. The van der Waals surface area contributed by atoms with Crippen LogP contribution in [0.25, 0.3) is 32.1 Å². The van der Waals surface area contributed by atoms with Gasteiger partial charge in [-0.1, -0.05) is 48.2 Å². The molecule has 0 amide bonds. The lowest BCUT2D eigenvalue weighted by Crippen LogP contribution is -2.21. The van der Waals surface area contributed by atoms with Crippen LogP contribution in [0.5, 0.6) is 5.75 Å². The van der Waals surface area contributed by atoms with Crippen LogP contribution >= 0.6 is 23.1 Å². The van der Waals surface area contributed by atoms with Gasteiger partial charge in [0, 0.05) is 17.0 Å². The molecule has 3 heterocycles. The molecule has 0 aliphatic carbocycles. The number of benzene rings is 2. The molecule has 0 unspecified atom stereocenters. The predicted octanol–water partition coefficient (Wildman–Crippen LogP) is 5.66. The molecule has 5 rings (SSSR count). The van der Waals surface area contributed by atoms with Gasteiger partial charge < -0.3 is 9.15 Å². The number of methoxy groups -OCH3 is 1. The van der Waals surface area contributed by atoms with Crippen LogP contribution < -0.4 is 10.3 Å². The van der Waals surface area contributed by atoms with Crippen molar-refractivity contribution in [1.82, 2.24) is 19.7 Å². The van der Waals surface area contributed by atoms with E-state index in [2.05, 4.69) is 16.8 Å². The molecular weight excluding hydrogens is 468 g/mol. The number of thiophene rings is 1. The van der Waals surface area contributed by atoms with Crippen LogP contribution in [0.1, 0.15) is 5.89 Å². The molecule has 0 radical (unpaired) electrons. The van der Waals surface area contributed by atoms with Gasteiger partial charge >= 0.3 is 0 Å². The fourth-order valence-corrected chi connectivity index (χ4v) is 5.32. The van der Waals surface area contributed by atoms with E-state index < -0.39 is 0 Å². The van der Waals surface area contributed by atoms with Crippen LogP contribution in [0.15, 0.2) is 87.7 Å². The second kappa shape index (κ2) is 9.66. The predicted molar refractivity (Wildman–Crippen MR) is 135 cm³/mol. The molecule has 0 spiro atoms. The number of thioether (sulfide) groups is 1. The second-order valence-electron chi connectivity index (χ2n) is 7.31. The molecule has 34 heavy (non-hydrogen) atoms. The van der Waals surface area contributed by atoms with Crippen molar-refractivity contribution in [1.29, 1.82) is 0 Å². The second-order valence-corrected chi connectivity index (χ2v) is 9.30. The quantitative estimate of drug-likeness (QED) is 0.158. The molecule has 0 N–H and O–H groups in total. The summed E-state index contributed by atoms with van der Waals surface area (Å²) >= 11 is 2.84. The number of hydrogen-bond acceptors (Lipinski definition) is 8. The van der Waals surface area contributed by atoms with Crippen molar-refractivity contribution in [2.45, 2.75) is 17.5 Å². The first-order chi connectivity index (χ1) is 16.7. The van der Waals surface area contributed by atoms with Gasteiger partial charge in [-0.2, -0.15) is 0 Å². The summed E-state index contributed by atoms with van der Waals surface area (Å²) in [6.07, 6.45) is 1.69. The van der Waals surface area contributed by atoms with Crippen molar-refractivity contribution in [3.63, 3.8) is 0 Å². The van der Waals surface area contributed by atoms with E-state index in [4.69, 9.17) is 14.1 Å². The molecule has 0 aliphatic heterocycles. The molecule has 0 bridgehead atoms. The van der Waals surface area contributed by atoms with Crippen LogP contribution in [0.3, 0.4) is 0 Å². The molecule has 2 aromatic carbocycles. The highest BCUT2D eigenvalue weighted by atomic mass is 32.2. The Labute approximate surface area is 203 Å². The Balaban J connectivity index is 1.42. The SMILES string of the molecule is C=CCn1c(SCc2nnc(-c3ccc(OC)cc3)o2)nc2cc(-c3ccccc3)sc2c1=O. The number of aromatic nitrogens is 4. The van der Waals surface area contributed by atoms with Crippen LogP contribution in [0, 0.1) is 0 Å². The number of fused-ring (bicyclic) bond motifs is 1. The molecule has 0 aliphatic rings.